The summed E-state index contributed by atoms with van der Waals surface area (Å²) in [6, 6.07) is 11.2. The molecule has 1 saturated heterocycles. The van der Waals surface area contributed by atoms with Gasteiger partial charge in [-0.3, -0.25) is 9.59 Å². The number of amides is 2. The smallest absolute Gasteiger partial charge is 0.291 e. The minimum atomic E-state index is -0.431. The Kier molecular flexibility index (Phi) is 4.54. The van der Waals surface area contributed by atoms with Crippen LogP contribution >= 0.6 is 0 Å². The van der Waals surface area contributed by atoms with Crippen molar-refractivity contribution in [3.8, 4) is 0 Å². The Hall–Kier alpha value is -3.28. The molecule has 1 fully saturated rings. The Morgan fingerprint density at radius 3 is 2.63 bits per heavy atom. The summed E-state index contributed by atoms with van der Waals surface area (Å²) in [5, 5.41) is 3.77. The van der Waals surface area contributed by atoms with Crippen molar-refractivity contribution in [2.24, 2.45) is 7.05 Å². The van der Waals surface area contributed by atoms with Crippen LogP contribution in [0.4, 0.5) is 0 Å². The lowest BCUT2D eigenvalue weighted by Gasteiger charge is -2.18. The summed E-state index contributed by atoms with van der Waals surface area (Å²) in [6.45, 7) is 1.42. The second kappa shape index (κ2) is 7.15. The van der Waals surface area contributed by atoms with Crippen molar-refractivity contribution >= 4 is 28.8 Å². The first-order valence-electron chi connectivity index (χ1n) is 9.03. The highest BCUT2D eigenvalue weighted by atomic mass is 16.3. The van der Waals surface area contributed by atoms with E-state index in [1.807, 2.05) is 42.1 Å². The highest BCUT2D eigenvalue weighted by Crippen LogP contribution is 2.23. The van der Waals surface area contributed by atoms with Crippen molar-refractivity contribution in [1.82, 2.24) is 14.8 Å². The molecule has 6 nitrogen and oxygen atoms in total. The van der Waals surface area contributed by atoms with Crippen molar-refractivity contribution in [1.29, 1.82) is 0 Å². The molecule has 0 aliphatic carbocycles. The largest absolute Gasteiger partial charge is 0.459 e. The maximum atomic E-state index is 13.0. The quantitative estimate of drug-likeness (QED) is 0.724. The van der Waals surface area contributed by atoms with Gasteiger partial charge in [-0.1, -0.05) is 18.2 Å². The van der Waals surface area contributed by atoms with Gasteiger partial charge in [-0.15, -0.1) is 0 Å². The Balaban J connectivity index is 1.72. The van der Waals surface area contributed by atoms with E-state index in [1.54, 1.807) is 23.1 Å². The monoisotopic (exact) mass is 363 g/mol. The van der Waals surface area contributed by atoms with Crippen molar-refractivity contribution in [3.63, 3.8) is 0 Å². The van der Waals surface area contributed by atoms with Gasteiger partial charge >= 0.3 is 0 Å². The zero-order chi connectivity index (χ0) is 18.8. The number of carbonyl (C=O) groups is 2. The van der Waals surface area contributed by atoms with E-state index >= 15 is 0 Å². The predicted octanol–water partition coefficient (Wildman–Crippen LogP) is 3.16. The average molecular weight is 363 g/mol. The second-order valence-corrected chi connectivity index (χ2v) is 6.70. The molecular weight excluding hydrogens is 342 g/mol. The van der Waals surface area contributed by atoms with Crippen LogP contribution in [-0.4, -0.2) is 34.4 Å². The number of likely N-dealkylation sites (tertiary alicyclic amines) is 1. The number of nitrogens with one attached hydrogen (secondary N) is 1. The Labute approximate surface area is 157 Å². The topological polar surface area (TPSA) is 67.5 Å². The standard InChI is InChI=1S/C21H21N3O3/c1-23-14-15(16-7-2-3-8-18(16)23)13-17(21(26)24-10-4-5-11-24)22-20(25)19-9-6-12-27-19/h2-3,6-9,12-14H,4-5,10-11H2,1H3,(H,22,25)/b17-13-. The maximum Gasteiger partial charge on any atom is 0.291 e. The van der Waals surface area contributed by atoms with Gasteiger partial charge in [-0.25, -0.2) is 0 Å². The van der Waals surface area contributed by atoms with Crippen LogP contribution in [0, 0.1) is 0 Å². The van der Waals surface area contributed by atoms with Crippen LogP contribution < -0.4 is 5.32 Å². The number of nitrogens with zero attached hydrogens (tertiary/aromatic N) is 2. The molecule has 1 aliphatic heterocycles. The minimum absolute atomic E-state index is 0.166. The molecule has 0 bridgehead atoms. The average Bonchev–Trinajstić information content (AvgIpc) is 3.43. The molecular formula is C21H21N3O3. The lowest BCUT2D eigenvalue weighted by Crippen LogP contribution is -2.36. The Morgan fingerprint density at radius 2 is 1.89 bits per heavy atom. The van der Waals surface area contributed by atoms with Crippen LogP contribution in [0.25, 0.3) is 17.0 Å². The molecule has 0 spiro atoms. The summed E-state index contributed by atoms with van der Waals surface area (Å²) in [7, 11) is 1.96. The number of benzene rings is 1. The van der Waals surface area contributed by atoms with E-state index in [2.05, 4.69) is 5.32 Å². The highest BCUT2D eigenvalue weighted by molar-refractivity contribution is 6.06. The molecule has 4 rings (SSSR count). The summed E-state index contributed by atoms with van der Waals surface area (Å²) in [5.74, 6) is -0.424. The molecule has 1 aliphatic rings. The molecule has 0 unspecified atom stereocenters. The van der Waals surface area contributed by atoms with Crippen LogP contribution in [0.1, 0.15) is 29.0 Å². The van der Waals surface area contributed by atoms with Crippen molar-refractivity contribution in [2.75, 3.05) is 13.1 Å². The van der Waals surface area contributed by atoms with Gasteiger partial charge in [-0.2, -0.15) is 0 Å². The number of carbonyl (C=O) groups excluding carboxylic acids is 2. The third kappa shape index (κ3) is 3.38. The molecule has 0 saturated carbocycles. The number of fused-ring (bicyclic) bond motifs is 1. The van der Waals surface area contributed by atoms with Gasteiger partial charge in [0.05, 0.1) is 6.26 Å². The van der Waals surface area contributed by atoms with Gasteiger partial charge in [0.2, 0.25) is 0 Å². The third-order valence-electron chi connectivity index (χ3n) is 4.84. The van der Waals surface area contributed by atoms with Gasteiger partial charge < -0.3 is 19.2 Å². The molecule has 27 heavy (non-hydrogen) atoms. The van der Waals surface area contributed by atoms with Crippen molar-refractivity contribution in [3.05, 3.63) is 65.9 Å². The van der Waals surface area contributed by atoms with E-state index in [1.165, 1.54) is 6.26 Å². The number of aromatic nitrogens is 1. The molecule has 0 atom stereocenters. The first kappa shape index (κ1) is 17.1. The van der Waals surface area contributed by atoms with Crippen LogP contribution in [0.2, 0.25) is 0 Å². The summed E-state index contributed by atoms with van der Waals surface area (Å²) in [4.78, 5) is 27.3. The predicted molar refractivity (Wildman–Crippen MR) is 103 cm³/mol. The van der Waals surface area contributed by atoms with E-state index < -0.39 is 5.91 Å². The summed E-state index contributed by atoms with van der Waals surface area (Å²) < 4.78 is 7.17. The SMILES string of the molecule is Cn1cc(/C=C(\NC(=O)c2ccco2)C(=O)N2CCCC2)c2ccccc21. The van der Waals surface area contributed by atoms with E-state index in [4.69, 9.17) is 4.42 Å². The fourth-order valence-electron chi connectivity index (χ4n) is 3.48. The van der Waals surface area contributed by atoms with Gasteiger partial charge in [0, 0.05) is 42.8 Å². The number of hydrogen-bond acceptors (Lipinski definition) is 3. The lowest BCUT2D eigenvalue weighted by atomic mass is 10.1. The molecule has 3 heterocycles. The van der Waals surface area contributed by atoms with Gasteiger partial charge in [-0.05, 0) is 37.1 Å². The zero-order valence-corrected chi connectivity index (χ0v) is 15.1. The molecule has 1 aromatic carbocycles. The summed E-state index contributed by atoms with van der Waals surface area (Å²) >= 11 is 0. The van der Waals surface area contributed by atoms with E-state index in [0.717, 1.165) is 29.3 Å². The van der Waals surface area contributed by atoms with Gasteiger partial charge in [0.25, 0.3) is 11.8 Å². The number of rotatable bonds is 4. The zero-order valence-electron chi connectivity index (χ0n) is 15.1. The fraction of sp³-hybridized carbons (Fsp3) is 0.238. The fourth-order valence-corrected chi connectivity index (χ4v) is 3.48. The van der Waals surface area contributed by atoms with E-state index in [-0.39, 0.29) is 17.4 Å². The molecule has 138 valence electrons. The normalized spacial score (nSPS) is 14.7. The molecule has 2 aromatic heterocycles. The molecule has 2 amide bonds. The van der Waals surface area contributed by atoms with Crippen LogP contribution in [0.5, 0.6) is 0 Å². The lowest BCUT2D eigenvalue weighted by molar-refractivity contribution is -0.126. The number of para-hydroxylation sites is 1. The van der Waals surface area contributed by atoms with Crippen LogP contribution in [0.3, 0.4) is 0 Å². The van der Waals surface area contributed by atoms with Crippen LogP contribution in [0.15, 0.2) is 59.0 Å². The van der Waals surface area contributed by atoms with Crippen LogP contribution in [-0.2, 0) is 11.8 Å². The first-order chi connectivity index (χ1) is 13.1. The summed E-state index contributed by atoms with van der Waals surface area (Å²) in [6.07, 6.45) is 7.12. The Morgan fingerprint density at radius 1 is 1.11 bits per heavy atom. The van der Waals surface area contributed by atoms with E-state index in [0.29, 0.717) is 13.1 Å². The number of hydrogen-bond donors (Lipinski definition) is 1. The molecule has 0 radical (unpaired) electrons. The van der Waals surface area contributed by atoms with Gasteiger partial charge in [0.1, 0.15) is 5.70 Å². The Bertz CT molecular complexity index is 1010. The molecule has 3 aromatic rings. The second-order valence-electron chi connectivity index (χ2n) is 6.70. The third-order valence-corrected chi connectivity index (χ3v) is 4.84. The van der Waals surface area contributed by atoms with E-state index in [9.17, 15) is 9.59 Å². The first-order valence-corrected chi connectivity index (χ1v) is 9.03. The molecule has 6 heteroatoms. The minimum Gasteiger partial charge on any atom is -0.459 e. The maximum absolute atomic E-state index is 13.0. The van der Waals surface area contributed by atoms with Crippen molar-refractivity contribution < 1.29 is 14.0 Å². The van der Waals surface area contributed by atoms with Crippen molar-refractivity contribution in [2.45, 2.75) is 12.8 Å². The van der Waals surface area contributed by atoms with Gasteiger partial charge in [0.15, 0.2) is 5.76 Å². The number of aryl methyl sites for hydroxylation is 1. The molecule has 1 N–H and O–H groups in total. The number of furan rings is 1. The highest BCUT2D eigenvalue weighted by Gasteiger charge is 2.24. The summed E-state index contributed by atoms with van der Waals surface area (Å²) in [5.41, 5.74) is 2.21.